The van der Waals surface area contributed by atoms with E-state index in [2.05, 4.69) is 10.1 Å². The second-order valence-corrected chi connectivity index (χ2v) is 7.43. The summed E-state index contributed by atoms with van der Waals surface area (Å²) in [5.74, 6) is 2.68. The van der Waals surface area contributed by atoms with E-state index in [-0.39, 0.29) is 5.91 Å². The molecular weight excluding hydrogens is 366 g/mol. The van der Waals surface area contributed by atoms with Gasteiger partial charge < -0.3 is 14.2 Å². The van der Waals surface area contributed by atoms with E-state index in [4.69, 9.17) is 9.26 Å². The molecule has 6 heteroatoms. The van der Waals surface area contributed by atoms with E-state index in [0.717, 1.165) is 49.2 Å². The van der Waals surface area contributed by atoms with Crippen molar-refractivity contribution in [2.75, 3.05) is 20.2 Å². The van der Waals surface area contributed by atoms with Gasteiger partial charge in [0.15, 0.2) is 5.82 Å². The predicted octanol–water partition coefficient (Wildman–Crippen LogP) is 3.77. The summed E-state index contributed by atoms with van der Waals surface area (Å²) in [6.45, 7) is 1.56. The van der Waals surface area contributed by atoms with Crippen LogP contribution in [-0.2, 0) is 17.6 Å². The summed E-state index contributed by atoms with van der Waals surface area (Å²) in [4.78, 5) is 19.1. The lowest BCUT2D eigenvalue weighted by molar-refractivity contribution is -0.130. The van der Waals surface area contributed by atoms with Crippen molar-refractivity contribution in [2.45, 2.75) is 25.7 Å². The highest BCUT2D eigenvalue weighted by Crippen LogP contribution is 2.23. The van der Waals surface area contributed by atoms with Gasteiger partial charge >= 0.3 is 0 Å². The topological polar surface area (TPSA) is 68.5 Å². The van der Waals surface area contributed by atoms with E-state index in [9.17, 15) is 4.79 Å². The first kappa shape index (κ1) is 19.2. The number of aromatic nitrogens is 2. The SMILES string of the molecule is COc1ccc(CCC(=O)N2CCC(Cc3noc(-c4ccccc4)n3)C2)cc1. The molecule has 150 valence electrons. The Hall–Kier alpha value is -3.15. The fourth-order valence-corrected chi connectivity index (χ4v) is 3.72. The summed E-state index contributed by atoms with van der Waals surface area (Å²) in [6, 6.07) is 17.7. The fourth-order valence-electron chi connectivity index (χ4n) is 3.72. The van der Waals surface area contributed by atoms with E-state index in [1.807, 2.05) is 59.5 Å². The van der Waals surface area contributed by atoms with Crippen molar-refractivity contribution < 1.29 is 14.1 Å². The number of aryl methyl sites for hydroxylation is 1. The Kier molecular flexibility index (Phi) is 5.89. The van der Waals surface area contributed by atoms with Gasteiger partial charge in [0.1, 0.15) is 5.75 Å². The number of hydrogen-bond donors (Lipinski definition) is 0. The molecule has 1 aliphatic heterocycles. The number of methoxy groups -OCH3 is 1. The van der Waals surface area contributed by atoms with Crippen molar-refractivity contribution >= 4 is 5.91 Å². The molecule has 1 saturated heterocycles. The van der Waals surface area contributed by atoms with Gasteiger partial charge in [-0.25, -0.2) is 0 Å². The van der Waals surface area contributed by atoms with Crippen molar-refractivity contribution in [3.63, 3.8) is 0 Å². The Balaban J connectivity index is 1.26. The van der Waals surface area contributed by atoms with Crippen molar-refractivity contribution in [1.82, 2.24) is 15.0 Å². The maximum atomic E-state index is 12.6. The molecule has 4 rings (SSSR count). The molecule has 6 nitrogen and oxygen atoms in total. The maximum absolute atomic E-state index is 12.6. The predicted molar refractivity (Wildman–Crippen MR) is 109 cm³/mol. The smallest absolute Gasteiger partial charge is 0.257 e. The molecule has 1 unspecified atom stereocenters. The summed E-state index contributed by atoms with van der Waals surface area (Å²) in [7, 11) is 1.65. The monoisotopic (exact) mass is 391 g/mol. The van der Waals surface area contributed by atoms with Crippen molar-refractivity contribution in [1.29, 1.82) is 0 Å². The highest BCUT2D eigenvalue weighted by Gasteiger charge is 2.27. The third-order valence-corrected chi connectivity index (χ3v) is 5.39. The van der Waals surface area contributed by atoms with E-state index in [0.29, 0.717) is 24.1 Å². The first-order valence-corrected chi connectivity index (χ1v) is 10.00. The van der Waals surface area contributed by atoms with Crippen LogP contribution in [0.15, 0.2) is 59.1 Å². The zero-order chi connectivity index (χ0) is 20.1. The Morgan fingerprint density at radius 3 is 2.72 bits per heavy atom. The van der Waals surface area contributed by atoms with Crippen LogP contribution in [0.1, 0.15) is 24.2 Å². The van der Waals surface area contributed by atoms with Gasteiger partial charge in [-0.15, -0.1) is 0 Å². The number of benzene rings is 2. The molecule has 29 heavy (non-hydrogen) atoms. The number of amides is 1. The molecule has 2 heterocycles. The second-order valence-electron chi connectivity index (χ2n) is 7.43. The van der Waals surface area contributed by atoms with Gasteiger partial charge in [0, 0.05) is 31.5 Å². The molecule has 1 atom stereocenters. The van der Waals surface area contributed by atoms with Gasteiger partial charge in [-0.2, -0.15) is 4.98 Å². The van der Waals surface area contributed by atoms with Crippen LogP contribution in [0.2, 0.25) is 0 Å². The Labute approximate surface area is 170 Å². The molecule has 0 radical (unpaired) electrons. The summed E-state index contributed by atoms with van der Waals surface area (Å²) in [5, 5.41) is 4.12. The lowest BCUT2D eigenvalue weighted by Gasteiger charge is -2.16. The van der Waals surface area contributed by atoms with Crippen LogP contribution in [0.3, 0.4) is 0 Å². The minimum Gasteiger partial charge on any atom is -0.497 e. The quantitative estimate of drug-likeness (QED) is 0.613. The average Bonchev–Trinajstić information content (AvgIpc) is 3.43. The third kappa shape index (κ3) is 4.83. The maximum Gasteiger partial charge on any atom is 0.257 e. The van der Waals surface area contributed by atoms with Crippen molar-refractivity contribution in [2.24, 2.45) is 5.92 Å². The third-order valence-electron chi connectivity index (χ3n) is 5.39. The van der Waals surface area contributed by atoms with E-state index < -0.39 is 0 Å². The summed E-state index contributed by atoms with van der Waals surface area (Å²) >= 11 is 0. The molecular formula is C23H25N3O3. The molecule has 1 fully saturated rings. The lowest BCUT2D eigenvalue weighted by Crippen LogP contribution is -2.29. The first-order valence-electron chi connectivity index (χ1n) is 10.00. The summed E-state index contributed by atoms with van der Waals surface area (Å²) in [6.07, 6.45) is 2.98. The first-order chi connectivity index (χ1) is 14.2. The highest BCUT2D eigenvalue weighted by molar-refractivity contribution is 5.76. The highest BCUT2D eigenvalue weighted by atomic mass is 16.5. The zero-order valence-corrected chi connectivity index (χ0v) is 16.6. The minimum absolute atomic E-state index is 0.210. The zero-order valence-electron chi connectivity index (χ0n) is 16.6. The summed E-state index contributed by atoms with van der Waals surface area (Å²) in [5.41, 5.74) is 2.07. The Morgan fingerprint density at radius 2 is 1.97 bits per heavy atom. The van der Waals surface area contributed by atoms with Gasteiger partial charge in [0.05, 0.1) is 7.11 Å². The lowest BCUT2D eigenvalue weighted by atomic mass is 10.0. The van der Waals surface area contributed by atoms with E-state index in [1.54, 1.807) is 7.11 Å². The van der Waals surface area contributed by atoms with Crippen LogP contribution in [0.25, 0.3) is 11.5 Å². The largest absolute Gasteiger partial charge is 0.497 e. The van der Waals surface area contributed by atoms with Crippen LogP contribution in [0.5, 0.6) is 5.75 Å². The van der Waals surface area contributed by atoms with E-state index >= 15 is 0 Å². The number of ether oxygens (including phenoxy) is 1. The van der Waals surface area contributed by atoms with Gasteiger partial charge in [-0.05, 0) is 48.6 Å². The number of hydrogen-bond acceptors (Lipinski definition) is 5. The van der Waals surface area contributed by atoms with Crippen LogP contribution >= 0.6 is 0 Å². The molecule has 0 aliphatic carbocycles. The van der Waals surface area contributed by atoms with Gasteiger partial charge in [-0.3, -0.25) is 4.79 Å². The summed E-state index contributed by atoms with van der Waals surface area (Å²) < 4.78 is 10.6. The molecule has 0 N–H and O–H groups in total. The van der Waals surface area contributed by atoms with Gasteiger partial charge in [-0.1, -0.05) is 35.5 Å². The normalized spacial score (nSPS) is 16.2. The minimum atomic E-state index is 0.210. The second kappa shape index (κ2) is 8.90. The van der Waals surface area contributed by atoms with Crippen LogP contribution < -0.4 is 4.74 Å². The average molecular weight is 391 g/mol. The fraction of sp³-hybridized carbons (Fsp3) is 0.348. The number of carbonyl (C=O) groups is 1. The Morgan fingerprint density at radius 1 is 1.17 bits per heavy atom. The van der Waals surface area contributed by atoms with E-state index in [1.165, 1.54) is 0 Å². The molecule has 3 aromatic rings. The standard InChI is InChI=1S/C23H25N3O3/c1-28-20-10-7-17(8-11-20)9-12-22(27)26-14-13-18(16-26)15-21-24-23(29-25-21)19-5-3-2-4-6-19/h2-8,10-11,18H,9,12-16H2,1H3. The van der Waals surface area contributed by atoms with Crippen LogP contribution in [0.4, 0.5) is 0 Å². The number of rotatable bonds is 7. The molecule has 0 bridgehead atoms. The Bertz CT molecular complexity index is 938. The molecule has 0 saturated carbocycles. The number of nitrogens with zero attached hydrogens (tertiary/aromatic N) is 3. The van der Waals surface area contributed by atoms with Crippen LogP contribution in [0, 0.1) is 5.92 Å². The molecule has 1 aromatic heterocycles. The molecule has 1 aliphatic rings. The van der Waals surface area contributed by atoms with Crippen LogP contribution in [-0.4, -0.2) is 41.1 Å². The number of likely N-dealkylation sites (tertiary alicyclic amines) is 1. The van der Waals surface area contributed by atoms with Crippen molar-refractivity contribution in [3.05, 3.63) is 66.0 Å². The molecule has 1 amide bonds. The molecule has 0 spiro atoms. The van der Waals surface area contributed by atoms with Gasteiger partial charge in [0.2, 0.25) is 5.91 Å². The molecule has 2 aromatic carbocycles. The van der Waals surface area contributed by atoms with Gasteiger partial charge in [0.25, 0.3) is 5.89 Å². The number of carbonyl (C=O) groups excluding carboxylic acids is 1. The van der Waals surface area contributed by atoms with Crippen molar-refractivity contribution in [3.8, 4) is 17.2 Å².